The van der Waals surface area contributed by atoms with E-state index in [1.165, 1.54) is 34.4 Å². The molecule has 1 aliphatic rings. The highest BCUT2D eigenvalue weighted by atomic mass is 35.5. The Morgan fingerprint density at radius 2 is 2.10 bits per heavy atom. The Bertz CT molecular complexity index is 1520. The number of rotatable bonds is 11. The maximum atomic E-state index is 14.1. The minimum Gasteiger partial charge on any atom is -0.494 e. The zero-order valence-corrected chi connectivity index (χ0v) is 24.0. The number of ether oxygens (including phenoxy) is 1. The molecule has 7 N–H and O–H groups in total. The number of anilines is 1. The van der Waals surface area contributed by atoms with E-state index in [9.17, 15) is 19.1 Å². The second kappa shape index (κ2) is 13.0. The lowest BCUT2D eigenvalue weighted by molar-refractivity contribution is -0.126. The summed E-state index contributed by atoms with van der Waals surface area (Å²) in [5, 5.41) is 17.0. The monoisotopic (exact) mass is 598 g/mol. The third-order valence-corrected chi connectivity index (χ3v) is 6.79. The molecule has 14 heteroatoms. The number of carbonyl (C=O) groups is 2. The lowest BCUT2D eigenvalue weighted by Gasteiger charge is -2.26. The van der Waals surface area contributed by atoms with Crippen molar-refractivity contribution < 1.29 is 23.8 Å². The Hall–Kier alpha value is -4.46. The zero-order chi connectivity index (χ0) is 30.6. The molecule has 1 aromatic heterocycles. The number of aliphatic hydroxyl groups is 1. The van der Waals surface area contributed by atoms with Gasteiger partial charge in [-0.15, -0.1) is 0 Å². The molecule has 4 rings (SSSR count). The first-order valence-electron chi connectivity index (χ1n) is 13.0. The third-order valence-electron chi connectivity index (χ3n) is 6.51. The standard InChI is InChI=1S/C28H32ClFN8O4/c1-4-42-20-8-18(7-19(30)10-20)23(14-39)34-26(40)15(2)38-12-17-6-5-16(9-21(17)27(38)41)25-22(29)11-33-28(36-25)35-24(31)13-37(3)32/h5-11,13,15,23,39H,4,12,14,31-32H2,1-3H3,(H,34,40)(H,33,35,36)/b24-13+/t15-,23-/m1/s1. The van der Waals surface area contributed by atoms with E-state index in [0.717, 1.165) is 5.56 Å². The Balaban J connectivity index is 1.51. The minimum atomic E-state index is -0.904. The topological polar surface area (TPSA) is 172 Å². The SMILES string of the molecule is CCOc1cc(F)cc([C@@H](CO)NC(=O)[C@@H](C)N2Cc3ccc(-c4nc(N/C(N)=C/N(C)N)ncc4Cl)cc3C2=O)c1. The molecule has 1 aliphatic heterocycles. The molecule has 0 bridgehead atoms. The highest BCUT2D eigenvalue weighted by Gasteiger charge is 2.35. The first kappa shape index (κ1) is 30.5. The number of aromatic nitrogens is 2. The van der Waals surface area contributed by atoms with Gasteiger partial charge in [0.15, 0.2) is 0 Å². The number of nitrogens with zero attached hydrogens (tertiary/aromatic N) is 4. The average Bonchev–Trinajstić information content (AvgIpc) is 3.27. The number of hydrazine groups is 1. The molecule has 2 atom stereocenters. The minimum absolute atomic E-state index is 0.175. The summed E-state index contributed by atoms with van der Waals surface area (Å²) >= 11 is 6.38. The number of halogens is 2. The average molecular weight is 599 g/mol. The van der Waals surface area contributed by atoms with Crippen LogP contribution in [-0.4, -0.2) is 63.1 Å². The molecular formula is C28H32ClFN8O4. The summed E-state index contributed by atoms with van der Waals surface area (Å²) in [6.45, 7) is 3.39. The van der Waals surface area contributed by atoms with Crippen LogP contribution in [0.2, 0.25) is 5.02 Å². The molecule has 0 saturated heterocycles. The smallest absolute Gasteiger partial charge is 0.255 e. The summed E-state index contributed by atoms with van der Waals surface area (Å²) in [4.78, 5) is 36.6. The zero-order valence-electron chi connectivity index (χ0n) is 23.3. The van der Waals surface area contributed by atoms with Crippen molar-refractivity contribution in [2.24, 2.45) is 11.6 Å². The van der Waals surface area contributed by atoms with E-state index < -0.39 is 30.4 Å². The van der Waals surface area contributed by atoms with Gasteiger partial charge in [0.2, 0.25) is 11.9 Å². The molecule has 0 fully saturated rings. The first-order chi connectivity index (χ1) is 20.0. The summed E-state index contributed by atoms with van der Waals surface area (Å²) in [6, 6.07) is 7.40. The van der Waals surface area contributed by atoms with E-state index in [1.54, 1.807) is 45.2 Å². The fourth-order valence-electron chi connectivity index (χ4n) is 4.50. The molecule has 42 heavy (non-hydrogen) atoms. The normalized spacial score (nSPS) is 14.3. The summed E-state index contributed by atoms with van der Waals surface area (Å²) < 4.78 is 19.5. The number of amides is 2. The first-order valence-corrected chi connectivity index (χ1v) is 13.4. The van der Waals surface area contributed by atoms with Crippen molar-refractivity contribution in [3.63, 3.8) is 0 Å². The van der Waals surface area contributed by atoms with Crippen LogP contribution in [0.4, 0.5) is 10.3 Å². The largest absolute Gasteiger partial charge is 0.494 e. The molecule has 2 amide bonds. The van der Waals surface area contributed by atoms with Gasteiger partial charge >= 0.3 is 0 Å². The molecule has 0 unspecified atom stereocenters. The molecule has 0 radical (unpaired) electrons. The van der Waals surface area contributed by atoms with Crippen LogP contribution >= 0.6 is 11.6 Å². The number of benzene rings is 2. The molecule has 0 aliphatic carbocycles. The number of nitrogens with two attached hydrogens (primary N) is 2. The van der Waals surface area contributed by atoms with E-state index >= 15 is 0 Å². The molecular weight excluding hydrogens is 567 g/mol. The van der Waals surface area contributed by atoms with Crippen LogP contribution in [0.5, 0.6) is 5.75 Å². The van der Waals surface area contributed by atoms with Crippen LogP contribution in [0.25, 0.3) is 11.3 Å². The molecule has 3 aromatic rings. The number of hydrogen-bond acceptors (Lipinski definition) is 10. The summed E-state index contributed by atoms with van der Waals surface area (Å²) in [6.07, 6.45) is 2.85. The van der Waals surface area contributed by atoms with Gasteiger partial charge in [0, 0.05) is 30.8 Å². The van der Waals surface area contributed by atoms with Crippen molar-refractivity contribution in [3.05, 3.63) is 82.1 Å². The molecule has 0 saturated carbocycles. The molecule has 2 aromatic carbocycles. The van der Waals surface area contributed by atoms with Crippen LogP contribution in [0, 0.1) is 5.82 Å². The highest BCUT2D eigenvalue weighted by molar-refractivity contribution is 6.33. The van der Waals surface area contributed by atoms with Gasteiger partial charge in [-0.3, -0.25) is 9.59 Å². The third kappa shape index (κ3) is 6.87. The van der Waals surface area contributed by atoms with Gasteiger partial charge in [-0.25, -0.2) is 20.2 Å². The van der Waals surface area contributed by atoms with Crippen molar-refractivity contribution in [3.8, 4) is 17.0 Å². The van der Waals surface area contributed by atoms with Crippen molar-refractivity contribution >= 4 is 29.4 Å². The van der Waals surface area contributed by atoms with Crippen LogP contribution in [0.15, 0.2) is 54.6 Å². The lowest BCUT2D eigenvalue weighted by atomic mass is 10.0. The van der Waals surface area contributed by atoms with E-state index in [-0.39, 0.29) is 35.0 Å². The fourth-order valence-corrected chi connectivity index (χ4v) is 4.70. The van der Waals surface area contributed by atoms with Crippen LogP contribution in [0.3, 0.4) is 0 Å². The molecule has 12 nitrogen and oxygen atoms in total. The van der Waals surface area contributed by atoms with E-state index in [1.807, 2.05) is 0 Å². The maximum absolute atomic E-state index is 14.1. The van der Waals surface area contributed by atoms with Crippen LogP contribution < -0.4 is 26.9 Å². The number of aliphatic hydroxyl groups excluding tert-OH is 1. The van der Waals surface area contributed by atoms with Crippen molar-refractivity contribution in [2.75, 3.05) is 25.6 Å². The Morgan fingerprint density at radius 3 is 2.79 bits per heavy atom. The second-order valence-corrected chi connectivity index (χ2v) is 10.1. The van der Waals surface area contributed by atoms with Gasteiger partial charge in [0.1, 0.15) is 23.4 Å². The van der Waals surface area contributed by atoms with E-state index in [2.05, 4.69) is 20.6 Å². The number of hydrogen-bond donors (Lipinski definition) is 5. The van der Waals surface area contributed by atoms with E-state index in [0.29, 0.717) is 29.0 Å². The number of carbonyl (C=O) groups excluding carboxylic acids is 2. The molecule has 0 spiro atoms. The highest BCUT2D eigenvalue weighted by Crippen LogP contribution is 2.32. The Kier molecular flexibility index (Phi) is 9.45. The fraction of sp³-hybridized carbons (Fsp3) is 0.286. The summed E-state index contributed by atoms with van der Waals surface area (Å²) in [7, 11) is 1.60. The molecule has 222 valence electrons. The van der Waals surface area contributed by atoms with Gasteiger partial charge in [0.25, 0.3) is 5.91 Å². The molecule has 2 heterocycles. The van der Waals surface area contributed by atoms with Gasteiger partial charge in [-0.2, -0.15) is 0 Å². The van der Waals surface area contributed by atoms with Gasteiger partial charge in [-0.1, -0.05) is 23.7 Å². The summed E-state index contributed by atoms with van der Waals surface area (Å²) in [5.41, 5.74) is 8.27. The predicted octanol–water partition coefficient (Wildman–Crippen LogP) is 2.50. The van der Waals surface area contributed by atoms with Crippen molar-refractivity contribution in [1.82, 2.24) is 25.2 Å². The van der Waals surface area contributed by atoms with Crippen LogP contribution in [0.1, 0.15) is 41.4 Å². The van der Waals surface area contributed by atoms with Gasteiger partial charge in [0.05, 0.1) is 42.4 Å². The van der Waals surface area contributed by atoms with E-state index in [4.69, 9.17) is 27.9 Å². The number of nitrogens with one attached hydrogen (secondary N) is 2. The van der Waals surface area contributed by atoms with Crippen LogP contribution in [-0.2, 0) is 11.3 Å². The van der Waals surface area contributed by atoms with Gasteiger partial charge < -0.3 is 36.1 Å². The quantitative estimate of drug-likeness (QED) is 0.163. The van der Waals surface area contributed by atoms with Gasteiger partial charge in [-0.05, 0) is 43.2 Å². The van der Waals surface area contributed by atoms with Crippen molar-refractivity contribution in [1.29, 1.82) is 0 Å². The second-order valence-electron chi connectivity index (χ2n) is 9.64. The maximum Gasteiger partial charge on any atom is 0.255 e. The predicted molar refractivity (Wildman–Crippen MR) is 155 cm³/mol. The Morgan fingerprint density at radius 1 is 1.33 bits per heavy atom. The summed E-state index contributed by atoms with van der Waals surface area (Å²) in [5.74, 6) is 4.80. The number of fused-ring (bicyclic) bond motifs is 1. The Labute approximate surface area is 247 Å². The lowest BCUT2D eigenvalue weighted by Crippen LogP contribution is -2.46. The van der Waals surface area contributed by atoms with Crippen molar-refractivity contribution in [2.45, 2.75) is 32.5 Å².